The van der Waals surface area contributed by atoms with Gasteiger partial charge in [0.15, 0.2) is 0 Å². The van der Waals surface area contributed by atoms with Crippen LogP contribution in [0, 0.1) is 11.3 Å². The lowest BCUT2D eigenvalue weighted by Crippen LogP contribution is -2.51. The Bertz CT molecular complexity index is 2730. The Labute approximate surface area is 391 Å². The van der Waals surface area contributed by atoms with Crippen LogP contribution in [0.2, 0.25) is 0 Å². The van der Waals surface area contributed by atoms with Crippen molar-refractivity contribution in [2.75, 3.05) is 93.7 Å². The molecule has 15 heteroatoms. The van der Waals surface area contributed by atoms with Crippen LogP contribution in [-0.2, 0) is 20.8 Å². The van der Waals surface area contributed by atoms with Gasteiger partial charge in [-0.1, -0.05) is 30.3 Å². The lowest BCUT2D eigenvalue weighted by Gasteiger charge is -2.38. The van der Waals surface area contributed by atoms with Crippen LogP contribution in [0.4, 0.5) is 17.2 Å². The van der Waals surface area contributed by atoms with Crippen LogP contribution in [-0.4, -0.2) is 137 Å². The molecule has 4 fully saturated rings. The van der Waals surface area contributed by atoms with E-state index >= 15 is 0 Å². The van der Waals surface area contributed by atoms with Gasteiger partial charge in [-0.3, -0.25) is 34.5 Å². The molecular weight excluding hydrogens is 841 g/mol. The number of anilines is 3. The van der Waals surface area contributed by atoms with Crippen molar-refractivity contribution in [3.05, 3.63) is 127 Å². The number of benzene rings is 2. The van der Waals surface area contributed by atoms with Crippen molar-refractivity contribution in [1.82, 2.24) is 39.6 Å². The number of fused-ring (bicyclic) bond motifs is 1. The summed E-state index contributed by atoms with van der Waals surface area (Å²) in [7, 11) is 0. The van der Waals surface area contributed by atoms with Crippen molar-refractivity contribution in [1.29, 1.82) is 5.26 Å². The van der Waals surface area contributed by atoms with E-state index in [1.54, 1.807) is 10.7 Å². The van der Waals surface area contributed by atoms with E-state index in [9.17, 15) is 19.6 Å². The average molecular weight is 897 g/mol. The number of imide groups is 1. The van der Waals surface area contributed by atoms with E-state index in [0.717, 1.165) is 129 Å². The minimum absolute atomic E-state index is 0.192. The third-order valence-corrected chi connectivity index (χ3v) is 14.0. The number of piperidine rings is 2. The molecule has 67 heavy (non-hydrogen) atoms. The fourth-order valence-electron chi connectivity index (χ4n) is 10.0. The molecule has 6 aromatic rings. The van der Waals surface area contributed by atoms with Crippen LogP contribution < -0.4 is 20.4 Å². The fourth-order valence-corrected chi connectivity index (χ4v) is 10.0. The zero-order valence-electron chi connectivity index (χ0n) is 37.8. The van der Waals surface area contributed by atoms with Crippen LogP contribution in [0.1, 0.15) is 48.4 Å². The second-order valence-electron chi connectivity index (χ2n) is 18.1. The maximum absolute atomic E-state index is 13.5. The Morgan fingerprint density at radius 1 is 0.761 bits per heavy atom. The molecule has 4 saturated heterocycles. The lowest BCUT2D eigenvalue weighted by atomic mass is 9.89. The van der Waals surface area contributed by atoms with Gasteiger partial charge in [-0.2, -0.15) is 10.4 Å². The molecular formula is C52H56N12O3. The lowest BCUT2D eigenvalue weighted by molar-refractivity contribution is -0.134. The number of hydrogen-bond donors (Lipinski definition) is 2. The van der Waals surface area contributed by atoms with E-state index in [-0.39, 0.29) is 17.7 Å². The highest BCUT2D eigenvalue weighted by Crippen LogP contribution is 2.34. The van der Waals surface area contributed by atoms with Gasteiger partial charge in [0.25, 0.3) is 0 Å². The van der Waals surface area contributed by atoms with Crippen LogP contribution in [0.3, 0.4) is 0 Å². The molecule has 4 aliphatic rings. The van der Waals surface area contributed by atoms with Crippen LogP contribution in [0.15, 0.2) is 110 Å². The molecule has 0 spiro atoms. The number of hydrogen-bond acceptors (Lipinski definition) is 12. The van der Waals surface area contributed by atoms with Crippen LogP contribution in [0.25, 0.3) is 27.8 Å². The average Bonchev–Trinajstić information content (AvgIpc) is 3.81. The Morgan fingerprint density at radius 3 is 2.22 bits per heavy atom. The minimum atomic E-state index is -0.396. The molecule has 10 rings (SSSR count). The molecule has 2 aromatic carbocycles. The number of nitriles is 1. The number of carbonyl (C=O) groups excluding carboxylic acids is 3. The maximum atomic E-state index is 13.5. The third kappa shape index (κ3) is 10.0. The highest BCUT2D eigenvalue weighted by Gasteiger charge is 2.28. The van der Waals surface area contributed by atoms with Crippen molar-refractivity contribution in [2.45, 2.75) is 44.1 Å². The van der Waals surface area contributed by atoms with Gasteiger partial charge >= 0.3 is 0 Å². The molecule has 1 atom stereocenters. The third-order valence-electron chi connectivity index (χ3n) is 14.0. The zero-order chi connectivity index (χ0) is 45.7. The number of amides is 3. The number of nitrogens with one attached hydrogen (secondary N) is 2. The number of likely N-dealkylation sites (tertiary alicyclic amines) is 1. The van der Waals surface area contributed by atoms with Crippen molar-refractivity contribution in [3.8, 4) is 28.3 Å². The first kappa shape index (κ1) is 43.7. The summed E-state index contributed by atoms with van der Waals surface area (Å²) in [6.45, 7) is 9.89. The Hall–Kier alpha value is -7.15. The summed E-state index contributed by atoms with van der Waals surface area (Å²) in [4.78, 5) is 58.0. The van der Waals surface area contributed by atoms with Gasteiger partial charge in [0.05, 0.1) is 23.8 Å². The summed E-state index contributed by atoms with van der Waals surface area (Å²) in [6.07, 6.45) is 11.2. The van der Waals surface area contributed by atoms with E-state index in [0.29, 0.717) is 44.0 Å². The summed E-state index contributed by atoms with van der Waals surface area (Å²) in [5.74, 6) is 1.09. The molecule has 0 saturated carbocycles. The van der Waals surface area contributed by atoms with Crippen molar-refractivity contribution >= 4 is 40.4 Å². The van der Waals surface area contributed by atoms with Gasteiger partial charge < -0.3 is 20.0 Å². The van der Waals surface area contributed by atoms with Gasteiger partial charge in [0, 0.05) is 124 Å². The minimum Gasteiger partial charge on any atom is -0.374 e. The molecule has 0 radical (unpaired) electrons. The van der Waals surface area contributed by atoms with E-state index in [4.69, 9.17) is 4.98 Å². The van der Waals surface area contributed by atoms with E-state index in [2.05, 4.69) is 107 Å². The second kappa shape index (κ2) is 19.8. The van der Waals surface area contributed by atoms with Crippen molar-refractivity contribution < 1.29 is 14.4 Å². The summed E-state index contributed by atoms with van der Waals surface area (Å²) in [5.41, 5.74) is 9.56. The molecule has 15 nitrogen and oxygen atoms in total. The fraction of sp³-hybridized carbons (Fsp3) is 0.365. The quantitative estimate of drug-likeness (QED) is 0.150. The number of nitrogens with zero attached hydrogens (tertiary/aromatic N) is 10. The van der Waals surface area contributed by atoms with Gasteiger partial charge in [0.1, 0.15) is 17.9 Å². The van der Waals surface area contributed by atoms with Gasteiger partial charge in [0.2, 0.25) is 17.7 Å². The molecule has 0 aliphatic carbocycles. The van der Waals surface area contributed by atoms with Gasteiger partial charge in [-0.05, 0) is 104 Å². The Kier molecular flexibility index (Phi) is 12.9. The number of carbonyl (C=O) groups is 3. The standard InChI is InChI=1S/C52H56N12O3/c53-32-42-34-56-64-35-41(31-46(51(42)64)40-8-14-48(55-33-40)62-25-23-59(24-26-62)22-18-43-3-1-2-19-54-43)38-6-11-45(12-7-38)61-27-29-63(30-28-61)50(66)36-60-20-16-39(17-21-60)37-4-9-44(10-5-37)57-47-13-15-49(65)58-52(47)67/h1-12,14,19,31,33-35,39,47,57H,13,15-18,20-30,36H2,(H,58,65,67). The predicted octanol–water partition coefficient (Wildman–Crippen LogP) is 5.44. The highest BCUT2D eigenvalue weighted by atomic mass is 16.2. The molecule has 8 heterocycles. The number of pyridine rings is 3. The maximum Gasteiger partial charge on any atom is 0.249 e. The van der Waals surface area contributed by atoms with Crippen LogP contribution >= 0.6 is 0 Å². The molecule has 4 aliphatic heterocycles. The summed E-state index contributed by atoms with van der Waals surface area (Å²) in [6, 6.07) is 31.2. The monoisotopic (exact) mass is 896 g/mol. The molecule has 1 unspecified atom stereocenters. The van der Waals surface area contributed by atoms with E-state index in [1.165, 1.54) is 5.56 Å². The molecule has 342 valence electrons. The highest BCUT2D eigenvalue weighted by molar-refractivity contribution is 6.01. The largest absolute Gasteiger partial charge is 0.374 e. The molecule has 3 amide bonds. The molecule has 2 N–H and O–H groups in total. The Balaban J connectivity index is 0.711. The number of aromatic nitrogens is 4. The number of piperazine rings is 2. The summed E-state index contributed by atoms with van der Waals surface area (Å²) >= 11 is 0. The normalized spacial score (nSPS) is 18.8. The SMILES string of the molecule is N#Cc1cnn2cc(-c3ccc(N4CCN(C(=O)CN5CCC(c6ccc(NC7CCC(=O)NC7=O)cc6)CC5)CC4)cc3)cc(-c3ccc(N4CCN(CCc5ccccn5)CC4)nc3)c12. The van der Waals surface area contributed by atoms with E-state index < -0.39 is 6.04 Å². The number of rotatable bonds is 12. The van der Waals surface area contributed by atoms with Crippen molar-refractivity contribution in [3.63, 3.8) is 0 Å². The second-order valence-corrected chi connectivity index (χ2v) is 18.1. The first-order chi connectivity index (χ1) is 32.8. The zero-order valence-corrected chi connectivity index (χ0v) is 37.8. The summed E-state index contributed by atoms with van der Waals surface area (Å²) < 4.78 is 1.80. The van der Waals surface area contributed by atoms with Crippen LogP contribution in [0.5, 0.6) is 0 Å². The predicted molar refractivity (Wildman–Crippen MR) is 259 cm³/mol. The molecule has 4 aromatic heterocycles. The smallest absolute Gasteiger partial charge is 0.249 e. The van der Waals surface area contributed by atoms with Gasteiger partial charge in [-0.25, -0.2) is 9.50 Å². The first-order valence-corrected chi connectivity index (χ1v) is 23.6. The van der Waals surface area contributed by atoms with Crippen molar-refractivity contribution in [2.24, 2.45) is 0 Å². The molecule has 0 bridgehead atoms. The first-order valence-electron chi connectivity index (χ1n) is 23.6. The summed E-state index contributed by atoms with van der Waals surface area (Å²) in [5, 5.41) is 20.2. The Morgan fingerprint density at radius 2 is 1.52 bits per heavy atom. The van der Waals surface area contributed by atoms with Gasteiger partial charge in [-0.15, -0.1) is 0 Å². The topological polar surface area (TPSA) is 158 Å². The van der Waals surface area contributed by atoms with E-state index in [1.807, 2.05) is 47.8 Å².